The van der Waals surface area contributed by atoms with Gasteiger partial charge in [0.25, 0.3) is 0 Å². The lowest BCUT2D eigenvalue weighted by molar-refractivity contribution is -0.245. The van der Waals surface area contributed by atoms with Gasteiger partial charge >= 0.3 is 0 Å². The molecule has 5 aliphatic rings. The molecule has 146 valence electrons. The van der Waals surface area contributed by atoms with Crippen molar-refractivity contribution in [3.8, 4) is 0 Å². The SMILES string of the molecule is Clc1ccc(C2OCCC3OC4C5OC6(CCCCC6)OC5OC4C32)cc1. The van der Waals surface area contributed by atoms with Crippen LogP contribution in [-0.2, 0) is 23.7 Å². The minimum Gasteiger partial charge on any atom is -0.373 e. The van der Waals surface area contributed by atoms with Crippen molar-refractivity contribution in [2.24, 2.45) is 5.92 Å². The minimum absolute atomic E-state index is 0.0431. The largest absolute Gasteiger partial charge is 0.373 e. The molecule has 1 aliphatic carbocycles. The predicted molar refractivity (Wildman–Crippen MR) is 97.3 cm³/mol. The van der Waals surface area contributed by atoms with Gasteiger partial charge < -0.3 is 23.7 Å². The van der Waals surface area contributed by atoms with Crippen molar-refractivity contribution in [2.75, 3.05) is 6.61 Å². The lowest BCUT2D eigenvalue weighted by atomic mass is 9.83. The van der Waals surface area contributed by atoms with Gasteiger partial charge in [0.2, 0.25) is 0 Å². The van der Waals surface area contributed by atoms with Crippen molar-refractivity contribution >= 4 is 11.6 Å². The zero-order valence-corrected chi connectivity index (χ0v) is 16.0. The molecular weight excluding hydrogens is 368 g/mol. The molecule has 4 aliphatic heterocycles. The lowest BCUT2D eigenvalue weighted by Gasteiger charge is -2.36. The van der Waals surface area contributed by atoms with Crippen LogP contribution in [0.4, 0.5) is 0 Å². The number of hydrogen-bond acceptors (Lipinski definition) is 5. The molecule has 4 heterocycles. The summed E-state index contributed by atoms with van der Waals surface area (Å²) >= 11 is 6.06. The van der Waals surface area contributed by atoms with E-state index in [1.165, 1.54) is 6.42 Å². The van der Waals surface area contributed by atoms with E-state index in [9.17, 15) is 0 Å². The Morgan fingerprint density at radius 2 is 1.70 bits per heavy atom. The molecule has 1 aromatic rings. The number of benzene rings is 1. The average Bonchev–Trinajstić information content (AvgIpc) is 3.30. The van der Waals surface area contributed by atoms with Crippen LogP contribution in [0.5, 0.6) is 0 Å². The highest BCUT2D eigenvalue weighted by Crippen LogP contribution is 2.53. The number of ether oxygens (including phenoxy) is 5. The van der Waals surface area contributed by atoms with Gasteiger partial charge in [-0.25, -0.2) is 0 Å². The summed E-state index contributed by atoms with van der Waals surface area (Å²) in [5.41, 5.74) is 1.13. The van der Waals surface area contributed by atoms with Crippen molar-refractivity contribution in [1.29, 1.82) is 0 Å². The van der Waals surface area contributed by atoms with Gasteiger partial charge in [-0.1, -0.05) is 30.2 Å². The Morgan fingerprint density at radius 1 is 0.889 bits per heavy atom. The summed E-state index contributed by atoms with van der Waals surface area (Å²) in [6.45, 7) is 0.698. The van der Waals surface area contributed by atoms with E-state index in [1.807, 2.05) is 24.3 Å². The van der Waals surface area contributed by atoms with Crippen LogP contribution < -0.4 is 0 Å². The fourth-order valence-electron chi connectivity index (χ4n) is 5.67. The molecule has 6 rings (SSSR count). The van der Waals surface area contributed by atoms with Crippen molar-refractivity contribution in [3.05, 3.63) is 34.9 Å². The highest BCUT2D eigenvalue weighted by molar-refractivity contribution is 6.30. The van der Waals surface area contributed by atoms with Crippen LogP contribution in [0.15, 0.2) is 24.3 Å². The maximum atomic E-state index is 6.48. The van der Waals surface area contributed by atoms with Crippen LogP contribution in [0, 0.1) is 5.92 Å². The smallest absolute Gasteiger partial charge is 0.190 e. The van der Waals surface area contributed by atoms with E-state index >= 15 is 0 Å². The number of rotatable bonds is 1. The molecule has 5 fully saturated rings. The molecule has 0 aromatic heterocycles. The molecule has 1 saturated carbocycles. The minimum atomic E-state index is -0.443. The molecule has 4 saturated heterocycles. The molecule has 27 heavy (non-hydrogen) atoms. The Bertz CT molecular complexity index is 703. The maximum Gasteiger partial charge on any atom is 0.190 e. The van der Waals surface area contributed by atoms with Gasteiger partial charge in [-0.2, -0.15) is 0 Å². The first-order valence-corrected chi connectivity index (χ1v) is 10.6. The third-order valence-corrected chi connectivity index (χ3v) is 7.14. The zero-order valence-electron chi connectivity index (χ0n) is 15.2. The van der Waals surface area contributed by atoms with Gasteiger partial charge in [0.1, 0.15) is 12.2 Å². The summed E-state index contributed by atoms with van der Waals surface area (Å²) in [6, 6.07) is 7.92. The van der Waals surface area contributed by atoms with Gasteiger partial charge in [0, 0.05) is 30.4 Å². The first kappa shape index (κ1) is 17.2. The normalized spacial score (nSPS) is 44.9. The first-order valence-electron chi connectivity index (χ1n) is 10.3. The molecule has 0 amide bonds. The van der Waals surface area contributed by atoms with E-state index in [4.69, 9.17) is 35.3 Å². The molecule has 0 bridgehead atoms. The van der Waals surface area contributed by atoms with Gasteiger partial charge in [-0.15, -0.1) is 0 Å². The second-order valence-electron chi connectivity index (χ2n) is 8.49. The Kier molecular flexibility index (Phi) is 4.08. The number of halogens is 1. The van der Waals surface area contributed by atoms with E-state index < -0.39 is 5.79 Å². The Labute approximate surface area is 164 Å². The Morgan fingerprint density at radius 3 is 2.52 bits per heavy atom. The molecule has 1 aromatic carbocycles. The fourth-order valence-corrected chi connectivity index (χ4v) is 5.80. The van der Waals surface area contributed by atoms with Gasteiger partial charge in [0.05, 0.1) is 18.3 Å². The van der Waals surface area contributed by atoms with Gasteiger partial charge in [0.15, 0.2) is 12.1 Å². The quantitative estimate of drug-likeness (QED) is 0.723. The molecule has 7 unspecified atom stereocenters. The summed E-state index contributed by atoms with van der Waals surface area (Å²) < 4.78 is 31.8. The molecule has 0 radical (unpaired) electrons. The zero-order chi connectivity index (χ0) is 18.0. The third-order valence-electron chi connectivity index (χ3n) is 6.89. The Hall–Kier alpha value is -0.690. The Balaban J connectivity index is 1.25. The van der Waals surface area contributed by atoms with E-state index in [2.05, 4.69) is 0 Å². The summed E-state index contributed by atoms with van der Waals surface area (Å²) in [6.07, 6.45) is 5.95. The van der Waals surface area contributed by atoms with Crippen molar-refractivity contribution in [1.82, 2.24) is 0 Å². The van der Waals surface area contributed by atoms with Crippen LogP contribution in [0.25, 0.3) is 0 Å². The second kappa shape index (κ2) is 6.41. The van der Waals surface area contributed by atoms with E-state index in [-0.39, 0.29) is 42.7 Å². The highest BCUT2D eigenvalue weighted by atomic mass is 35.5. The van der Waals surface area contributed by atoms with Crippen molar-refractivity contribution in [2.45, 2.75) is 81.1 Å². The molecule has 6 heteroatoms. The van der Waals surface area contributed by atoms with Gasteiger partial charge in [-0.05, 0) is 37.0 Å². The molecule has 0 N–H and O–H groups in total. The summed E-state index contributed by atoms with van der Waals surface area (Å²) in [7, 11) is 0. The van der Waals surface area contributed by atoms with Crippen LogP contribution in [0.1, 0.15) is 50.2 Å². The van der Waals surface area contributed by atoms with Crippen LogP contribution in [0.3, 0.4) is 0 Å². The number of fused-ring (bicyclic) bond motifs is 5. The van der Waals surface area contributed by atoms with Gasteiger partial charge in [-0.3, -0.25) is 0 Å². The monoisotopic (exact) mass is 392 g/mol. The highest BCUT2D eigenvalue weighted by Gasteiger charge is 2.65. The predicted octanol–water partition coefficient (Wildman–Crippen LogP) is 3.99. The number of hydrogen-bond donors (Lipinski definition) is 0. The van der Waals surface area contributed by atoms with Crippen LogP contribution >= 0.6 is 11.6 Å². The van der Waals surface area contributed by atoms with E-state index in [0.29, 0.717) is 6.61 Å². The summed E-state index contributed by atoms with van der Waals surface area (Å²) in [4.78, 5) is 0. The third kappa shape index (κ3) is 2.70. The maximum absolute atomic E-state index is 6.48. The fraction of sp³-hybridized carbons (Fsp3) is 0.714. The second-order valence-corrected chi connectivity index (χ2v) is 8.93. The molecule has 1 spiro atoms. The molecular formula is C21H25ClO5. The first-order chi connectivity index (χ1) is 13.2. The molecule has 5 nitrogen and oxygen atoms in total. The topological polar surface area (TPSA) is 46.2 Å². The van der Waals surface area contributed by atoms with E-state index in [0.717, 1.165) is 42.7 Å². The van der Waals surface area contributed by atoms with Crippen molar-refractivity contribution in [3.63, 3.8) is 0 Å². The summed E-state index contributed by atoms with van der Waals surface area (Å²) in [5, 5.41) is 0.734. The van der Waals surface area contributed by atoms with E-state index in [1.54, 1.807) is 0 Å². The average molecular weight is 393 g/mol. The van der Waals surface area contributed by atoms with Crippen LogP contribution in [0.2, 0.25) is 5.02 Å². The lowest BCUT2D eigenvalue weighted by Crippen LogP contribution is -2.40. The molecule has 7 atom stereocenters. The van der Waals surface area contributed by atoms with Crippen LogP contribution in [-0.4, -0.2) is 43.1 Å². The standard InChI is InChI=1S/C21H25ClO5/c22-13-6-4-12(5-7-13)16-15-14(8-11-23-16)24-18-17(15)25-20-19(18)26-21(27-20)9-2-1-3-10-21/h4-7,14-20H,1-3,8-11H2. The summed E-state index contributed by atoms with van der Waals surface area (Å²) in [5.74, 6) is -0.285. The van der Waals surface area contributed by atoms with Crippen molar-refractivity contribution < 1.29 is 23.7 Å².